The molecule has 2 rings (SSSR count). The van der Waals surface area contributed by atoms with E-state index < -0.39 is 5.60 Å². The van der Waals surface area contributed by atoms with E-state index in [1.54, 1.807) is 31.0 Å². The number of aliphatic hydroxyl groups is 1. The minimum absolute atomic E-state index is 0.187. The van der Waals surface area contributed by atoms with Crippen molar-refractivity contribution in [2.75, 3.05) is 6.54 Å². The van der Waals surface area contributed by atoms with Crippen LogP contribution < -0.4 is 0 Å². The molecule has 0 radical (unpaired) electrons. The molecule has 112 valence electrons. The Morgan fingerprint density at radius 2 is 2.00 bits per heavy atom. The van der Waals surface area contributed by atoms with Gasteiger partial charge < -0.3 is 15.0 Å². The third-order valence-electron chi connectivity index (χ3n) is 2.96. The first kappa shape index (κ1) is 15.6. The third-order valence-corrected chi connectivity index (χ3v) is 3.18. The zero-order chi connectivity index (χ0) is 15.5. The summed E-state index contributed by atoms with van der Waals surface area (Å²) in [6.07, 6.45) is 1.57. The molecule has 4 nitrogen and oxygen atoms in total. The molecule has 0 atom stereocenters. The zero-order valence-electron chi connectivity index (χ0n) is 12.1. The zero-order valence-corrected chi connectivity index (χ0v) is 12.9. The fourth-order valence-corrected chi connectivity index (χ4v) is 2.30. The highest BCUT2D eigenvalue weighted by Crippen LogP contribution is 2.16. The Morgan fingerprint density at radius 1 is 1.33 bits per heavy atom. The Morgan fingerprint density at radius 3 is 2.52 bits per heavy atom. The standard InChI is InChI=1S/C16H19ClN2O2/c1-16(2,21)11-19(10-12-6-4-3-5-7-12)15(20)14-8-13(17)9-18-14/h3-9,18,21H,10-11H2,1-2H3. The van der Waals surface area contributed by atoms with Crippen LogP contribution in [0.15, 0.2) is 42.6 Å². The lowest BCUT2D eigenvalue weighted by atomic mass is 10.1. The maximum absolute atomic E-state index is 12.6. The number of aromatic amines is 1. The fraction of sp³-hybridized carbons (Fsp3) is 0.312. The van der Waals surface area contributed by atoms with Crippen molar-refractivity contribution >= 4 is 17.5 Å². The highest BCUT2D eigenvalue weighted by Gasteiger charge is 2.24. The Balaban J connectivity index is 2.21. The van der Waals surface area contributed by atoms with Gasteiger partial charge in [-0.15, -0.1) is 0 Å². The van der Waals surface area contributed by atoms with Crippen molar-refractivity contribution in [2.24, 2.45) is 0 Å². The van der Waals surface area contributed by atoms with E-state index in [0.717, 1.165) is 5.56 Å². The summed E-state index contributed by atoms with van der Waals surface area (Å²) in [5, 5.41) is 10.5. The molecule has 0 spiro atoms. The molecule has 1 aromatic carbocycles. The van der Waals surface area contributed by atoms with Gasteiger partial charge in [-0.1, -0.05) is 41.9 Å². The first-order valence-electron chi connectivity index (χ1n) is 6.75. The molecular weight excluding hydrogens is 288 g/mol. The van der Waals surface area contributed by atoms with Crippen LogP contribution in [0.5, 0.6) is 0 Å². The lowest BCUT2D eigenvalue weighted by Gasteiger charge is -2.29. The van der Waals surface area contributed by atoms with Crippen molar-refractivity contribution < 1.29 is 9.90 Å². The van der Waals surface area contributed by atoms with Gasteiger partial charge in [0, 0.05) is 19.3 Å². The van der Waals surface area contributed by atoms with E-state index in [1.807, 2.05) is 30.3 Å². The van der Waals surface area contributed by atoms with Crippen LogP contribution >= 0.6 is 11.6 Å². The summed E-state index contributed by atoms with van der Waals surface area (Å²) >= 11 is 5.85. The van der Waals surface area contributed by atoms with Crippen LogP contribution in [0, 0.1) is 0 Å². The molecule has 1 heterocycles. The largest absolute Gasteiger partial charge is 0.389 e. The highest BCUT2D eigenvalue weighted by atomic mass is 35.5. The molecule has 5 heteroatoms. The molecule has 0 aliphatic rings. The van der Waals surface area contributed by atoms with Crippen LogP contribution in [0.2, 0.25) is 5.02 Å². The summed E-state index contributed by atoms with van der Waals surface area (Å²) in [6, 6.07) is 11.3. The molecule has 0 aliphatic carbocycles. The number of carbonyl (C=O) groups is 1. The molecule has 0 fully saturated rings. The topological polar surface area (TPSA) is 56.3 Å². The number of benzene rings is 1. The molecule has 2 N–H and O–H groups in total. The Bertz CT molecular complexity index is 602. The van der Waals surface area contributed by atoms with Crippen LogP contribution in [0.1, 0.15) is 29.9 Å². The normalized spacial score (nSPS) is 11.4. The van der Waals surface area contributed by atoms with Crippen molar-refractivity contribution in [1.82, 2.24) is 9.88 Å². The number of halogens is 1. The lowest BCUT2D eigenvalue weighted by molar-refractivity contribution is 0.0277. The number of amides is 1. The summed E-state index contributed by atoms with van der Waals surface area (Å²) in [5.41, 5.74) is 0.453. The van der Waals surface area contributed by atoms with E-state index in [4.69, 9.17) is 11.6 Å². The summed E-state index contributed by atoms with van der Waals surface area (Å²) in [6.45, 7) is 4.03. The molecule has 1 amide bonds. The summed E-state index contributed by atoms with van der Waals surface area (Å²) in [5.74, 6) is -0.187. The number of hydrogen-bond acceptors (Lipinski definition) is 2. The second-order valence-corrected chi connectivity index (χ2v) is 6.13. The van der Waals surface area contributed by atoms with Crippen LogP contribution in [-0.4, -0.2) is 33.0 Å². The maximum atomic E-state index is 12.6. The predicted molar refractivity (Wildman–Crippen MR) is 83.3 cm³/mol. The third kappa shape index (κ3) is 4.62. The average molecular weight is 307 g/mol. The molecule has 0 unspecified atom stereocenters. The minimum atomic E-state index is -0.971. The van der Waals surface area contributed by atoms with Gasteiger partial charge in [-0.05, 0) is 25.5 Å². The van der Waals surface area contributed by atoms with E-state index in [9.17, 15) is 9.90 Å². The van der Waals surface area contributed by atoms with E-state index in [1.165, 1.54) is 0 Å². The SMILES string of the molecule is CC(C)(O)CN(Cc1ccccc1)C(=O)c1cc(Cl)c[nH]1. The average Bonchev–Trinajstić information content (AvgIpc) is 2.83. The lowest BCUT2D eigenvalue weighted by Crippen LogP contribution is -2.41. The second-order valence-electron chi connectivity index (χ2n) is 5.69. The quantitative estimate of drug-likeness (QED) is 0.892. The van der Waals surface area contributed by atoms with E-state index in [0.29, 0.717) is 17.3 Å². The number of nitrogens with one attached hydrogen (secondary N) is 1. The molecule has 0 saturated heterocycles. The minimum Gasteiger partial charge on any atom is -0.389 e. The first-order valence-corrected chi connectivity index (χ1v) is 7.12. The van der Waals surface area contributed by atoms with Gasteiger partial charge >= 0.3 is 0 Å². The van der Waals surface area contributed by atoms with Gasteiger partial charge in [0.15, 0.2) is 0 Å². The molecule has 0 aliphatic heterocycles. The van der Waals surface area contributed by atoms with Gasteiger partial charge in [-0.25, -0.2) is 0 Å². The maximum Gasteiger partial charge on any atom is 0.270 e. The van der Waals surface area contributed by atoms with Gasteiger partial charge in [-0.2, -0.15) is 0 Å². The van der Waals surface area contributed by atoms with Crippen molar-refractivity contribution in [3.8, 4) is 0 Å². The van der Waals surface area contributed by atoms with Crippen LogP contribution in [0.25, 0.3) is 0 Å². The number of nitrogens with zero attached hydrogens (tertiary/aromatic N) is 1. The summed E-state index contributed by atoms with van der Waals surface area (Å²) in [7, 11) is 0. The van der Waals surface area contributed by atoms with Crippen LogP contribution in [0.3, 0.4) is 0 Å². The molecule has 0 bridgehead atoms. The van der Waals surface area contributed by atoms with Gasteiger partial charge in [0.1, 0.15) is 5.69 Å². The van der Waals surface area contributed by atoms with E-state index >= 15 is 0 Å². The van der Waals surface area contributed by atoms with Crippen molar-refractivity contribution in [1.29, 1.82) is 0 Å². The van der Waals surface area contributed by atoms with Gasteiger partial charge in [-0.3, -0.25) is 4.79 Å². The molecule has 21 heavy (non-hydrogen) atoms. The van der Waals surface area contributed by atoms with Crippen molar-refractivity contribution in [3.63, 3.8) is 0 Å². The first-order chi connectivity index (χ1) is 9.85. The van der Waals surface area contributed by atoms with Gasteiger partial charge in [0.2, 0.25) is 0 Å². The van der Waals surface area contributed by atoms with E-state index in [2.05, 4.69) is 4.98 Å². The Labute approximate surface area is 129 Å². The monoisotopic (exact) mass is 306 g/mol. The molecule has 1 aromatic heterocycles. The molecule has 2 aromatic rings. The van der Waals surface area contributed by atoms with Gasteiger partial charge in [0.25, 0.3) is 5.91 Å². The predicted octanol–water partition coefficient (Wildman–Crippen LogP) is 3.08. The van der Waals surface area contributed by atoms with Crippen LogP contribution in [-0.2, 0) is 6.54 Å². The molecule has 0 saturated carbocycles. The van der Waals surface area contributed by atoms with E-state index in [-0.39, 0.29) is 12.5 Å². The van der Waals surface area contributed by atoms with Crippen molar-refractivity contribution in [3.05, 3.63) is 58.9 Å². The Hall–Kier alpha value is -1.78. The summed E-state index contributed by atoms with van der Waals surface area (Å²) < 4.78 is 0. The summed E-state index contributed by atoms with van der Waals surface area (Å²) in [4.78, 5) is 17.0. The smallest absolute Gasteiger partial charge is 0.270 e. The number of aromatic nitrogens is 1. The molecular formula is C16H19ClN2O2. The highest BCUT2D eigenvalue weighted by molar-refractivity contribution is 6.30. The second kappa shape index (κ2) is 6.33. The number of hydrogen-bond donors (Lipinski definition) is 2. The van der Waals surface area contributed by atoms with Crippen LogP contribution in [0.4, 0.5) is 0 Å². The van der Waals surface area contributed by atoms with Gasteiger partial charge in [0.05, 0.1) is 10.6 Å². The Kier molecular flexibility index (Phi) is 4.70. The number of carbonyl (C=O) groups excluding carboxylic acids is 1. The number of H-pyrrole nitrogens is 1. The number of rotatable bonds is 5. The van der Waals surface area contributed by atoms with Crippen molar-refractivity contribution in [2.45, 2.75) is 26.0 Å². The fourth-order valence-electron chi connectivity index (χ4n) is 2.13.